The summed E-state index contributed by atoms with van der Waals surface area (Å²) in [6, 6.07) is 8.94. The Morgan fingerprint density at radius 3 is 2.70 bits per heavy atom. The lowest BCUT2D eigenvalue weighted by Gasteiger charge is -2.27. The van der Waals surface area contributed by atoms with Gasteiger partial charge in [0.2, 0.25) is 5.91 Å². The van der Waals surface area contributed by atoms with E-state index in [4.69, 9.17) is 18.0 Å². The maximum absolute atomic E-state index is 11.0. The van der Waals surface area contributed by atoms with Crippen LogP contribution >= 0.6 is 12.2 Å². The number of rotatable bonds is 2. The van der Waals surface area contributed by atoms with Crippen LogP contribution in [0.25, 0.3) is 0 Å². The summed E-state index contributed by atoms with van der Waals surface area (Å²) in [7, 11) is 0. The van der Waals surface area contributed by atoms with Gasteiger partial charge in [-0.05, 0) is 29.9 Å². The van der Waals surface area contributed by atoms with Crippen molar-refractivity contribution in [2.24, 2.45) is 16.6 Å². The number of thiocarbonyl (C=S) groups is 1. The number of nitriles is 1. The zero-order valence-corrected chi connectivity index (χ0v) is 11.6. The van der Waals surface area contributed by atoms with E-state index in [9.17, 15) is 10.1 Å². The number of amidine groups is 1. The van der Waals surface area contributed by atoms with Crippen LogP contribution in [0.2, 0.25) is 0 Å². The Morgan fingerprint density at radius 1 is 1.50 bits per heavy atom. The minimum absolute atomic E-state index is 0.138. The molecule has 6 nitrogen and oxygen atoms in total. The van der Waals surface area contributed by atoms with Gasteiger partial charge in [0.25, 0.3) is 0 Å². The van der Waals surface area contributed by atoms with Gasteiger partial charge in [0, 0.05) is 12.6 Å². The van der Waals surface area contributed by atoms with Crippen molar-refractivity contribution in [2.45, 2.75) is 13.0 Å². The highest BCUT2D eigenvalue weighted by molar-refractivity contribution is 7.80. The summed E-state index contributed by atoms with van der Waals surface area (Å²) >= 11 is 5.00. The predicted octanol–water partition coefficient (Wildman–Crippen LogP) is 1.07. The molecule has 20 heavy (non-hydrogen) atoms. The minimum atomic E-state index is -0.576. The minimum Gasteiger partial charge on any atom is -0.386 e. The zero-order chi connectivity index (χ0) is 14.7. The summed E-state index contributed by atoms with van der Waals surface area (Å²) in [5.74, 6) is -0.499. The number of hydrogen-bond acceptors (Lipinski definition) is 4. The van der Waals surface area contributed by atoms with Gasteiger partial charge in [-0.25, -0.2) is 4.99 Å². The Kier molecular flexibility index (Phi) is 3.96. The lowest BCUT2D eigenvalue weighted by atomic mass is 9.92. The van der Waals surface area contributed by atoms with Crippen molar-refractivity contribution in [3.63, 3.8) is 0 Å². The standard InChI is InChI=1S/C13H13N5OS/c1-7(19)16-9-4-2-8(3-5-9)11-10(6-14)12(15)18-13(20)17-11/h2-5,10-11H,1H3,(H,16,19)(H3,15,17,18,20). The van der Waals surface area contributed by atoms with Gasteiger partial charge in [-0.2, -0.15) is 5.26 Å². The van der Waals surface area contributed by atoms with Gasteiger partial charge in [0.15, 0.2) is 5.11 Å². The lowest BCUT2D eigenvalue weighted by Crippen LogP contribution is -2.43. The first-order valence-corrected chi connectivity index (χ1v) is 6.34. The van der Waals surface area contributed by atoms with Crippen LogP contribution in [-0.2, 0) is 4.79 Å². The molecule has 1 aliphatic heterocycles. The highest BCUT2D eigenvalue weighted by Crippen LogP contribution is 2.26. The Labute approximate surface area is 121 Å². The van der Waals surface area contributed by atoms with E-state index in [2.05, 4.69) is 21.7 Å². The van der Waals surface area contributed by atoms with E-state index >= 15 is 0 Å². The molecule has 0 aromatic heterocycles. The molecular weight excluding hydrogens is 274 g/mol. The van der Waals surface area contributed by atoms with Crippen molar-refractivity contribution in [3.8, 4) is 6.07 Å². The van der Waals surface area contributed by atoms with Crippen LogP contribution in [0.15, 0.2) is 29.3 Å². The summed E-state index contributed by atoms with van der Waals surface area (Å²) < 4.78 is 0. The number of benzene rings is 1. The van der Waals surface area contributed by atoms with Gasteiger partial charge >= 0.3 is 0 Å². The van der Waals surface area contributed by atoms with Crippen LogP contribution in [0.4, 0.5) is 5.69 Å². The number of carbonyl (C=O) groups excluding carboxylic acids is 1. The number of aliphatic imine (C=N–C) groups is 1. The second-order valence-electron chi connectivity index (χ2n) is 4.37. The van der Waals surface area contributed by atoms with E-state index < -0.39 is 5.92 Å². The van der Waals surface area contributed by atoms with Crippen molar-refractivity contribution in [1.82, 2.24) is 5.32 Å². The van der Waals surface area contributed by atoms with Crippen LogP contribution in [0.1, 0.15) is 18.5 Å². The van der Waals surface area contributed by atoms with Gasteiger partial charge in [-0.1, -0.05) is 12.1 Å². The second kappa shape index (κ2) is 5.67. The number of amides is 1. The molecule has 1 aliphatic rings. The summed E-state index contributed by atoms with van der Waals surface area (Å²) in [6.45, 7) is 1.44. The van der Waals surface area contributed by atoms with E-state index in [0.29, 0.717) is 5.69 Å². The molecule has 0 saturated heterocycles. The Hall–Kier alpha value is -2.46. The van der Waals surface area contributed by atoms with Gasteiger partial charge in [0.1, 0.15) is 11.8 Å². The van der Waals surface area contributed by atoms with Gasteiger partial charge in [-0.3, -0.25) is 4.79 Å². The molecule has 0 radical (unpaired) electrons. The van der Waals surface area contributed by atoms with E-state index in [1.165, 1.54) is 6.92 Å². The van der Waals surface area contributed by atoms with Crippen molar-refractivity contribution in [3.05, 3.63) is 29.8 Å². The van der Waals surface area contributed by atoms with E-state index in [0.717, 1.165) is 5.56 Å². The highest BCUT2D eigenvalue weighted by Gasteiger charge is 2.30. The molecule has 2 unspecified atom stereocenters. The van der Waals surface area contributed by atoms with Crippen LogP contribution in [-0.4, -0.2) is 16.9 Å². The first kappa shape index (κ1) is 14.0. The largest absolute Gasteiger partial charge is 0.386 e. The summed E-state index contributed by atoms with van der Waals surface area (Å²) in [5, 5.41) is 15.1. The van der Waals surface area contributed by atoms with Crippen molar-refractivity contribution in [1.29, 1.82) is 5.26 Å². The summed E-state index contributed by atoms with van der Waals surface area (Å²) in [4.78, 5) is 14.9. The molecular formula is C13H13N5OS. The van der Waals surface area contributed by atoms with Crippen molar-refractivity contribution >= 4 is 34.8 Å². The molecule has 102 valence electrons. The highest BCUT2D eigenvalue weighted by atomic mass is 32.1. The SMILES string of the molecule is CC(=O)Nc1ccc(C2NC(=S)N=C(N)C2C#N)cc1. The molecule has 4 N–H and O–H groups in total. The molecule has 1 amide bonds. The summed E-state index contributed by atoms with van der Waals surface area (Å²) in [6.07, 6.45) is 0. The molecule has 0 bridgehead atoms. The van der Waals surface area contributed by atoms with Crippen LogP contribution in [0, 0.1) is 17.2 Å². The van der Waals surface area contributed by atoms with E-state index in [1.807, 2.05) is 12.1 Å². The number of nitrogens with one attached hydrogen (secondary N) is 2. The van der Waals surface area contributed by atoms with Crippen LogP contribution in [0.3, 0.4) is 0 Å². The molecule has 0 aliphatic carbocycles. The molecule has 2 atom stereocenters. The van der Waals surface area contributed by atoms with Gasteiger partial charge in [0.05, 0.1) is 12.1 Å². The first-order chi connectivity index (χ1) is 9.51. The predicted molar refractivity (Wildman–Crippen MR) is 79.9 cm³/mol. The molecule has 0 saturated carbocycles. The zero-order valence-electron chi connectivity index (χ0n) is 10.8. The average Bonchev–Trinajstić information content (AvgIpc) is 2.38. The fourth-order valence-electron chi connectivity index (χ4n) is 2.00. The number of nitrogens with two attached hydrogens (primary N) is 1. The topological polar surface area (TPSA) is 103 Å². The smallest absolute Gasteiger partial charge is 0.221 e. The number of carbonyl (C=O) groups is 1. The molecule has 1 aromatic rings. The molecule has 1 aromatic carbocycles. The lowest BCUT2D eigenvalue weighted by molar-refractivity contribution is -0.114. The van der Waals surface area contributed by atoms with Crippen LogP contribution < -0.4 is 16.4 Å². The first-order valence-electron chi connectivity index (χ1n) is 5.93. The average molecular weight is 287 g/mol. The Bertz CT molecular complexity index is 617. The second-order valence-corrected chi connectivity index (χ2v) is 4.76. The fourth-order valence-corrected chi connectivity index (χ4v) is 2.23. The number of anilines is 1. The Balaban J connectivity index is 2.27. The maximum Gasteiger partial charge on any atom is 0.221 e. The third kappa shape index (κ3) is 2.92. The molecule has 1 heterocycles. The number of hydrogen-bond donors (Lipinski definition) is 3. The van der Waals surface area contributed by atoms with Crippen LogP contribution in [0.5, 0.6) is 0 Å². The molecule has 2 rings (SSSR count). The quantitative estimate of drug-likeness (QED) is 0.706. The van der Waals surface area contributed by atoms with Gasteiger partial charge in [-0.15, -0.1) is 0 Å². The molecule has 7 heteroatoms. The van der Waals surface area contributed by atoms with Crippen molar-refractivity contribution < 1.29 is 4.79 Å². The normalized spacial score (nSPS) is 21.4. The van der Waals surface area contributed by atoms with Crippen molar-refractivity contribution in [2.75, 3.05) is 5.32 Å². The fraction of sp³-hybridized carbons (Fsp3) is 0.231. The van der Waals surface area contributed by atoms with E-state index in [-0.39, 0.29) is 22.9 Å². The molecule has 0 fully saturated rings. The number of nitrogens with zero attached hydrogens (tertiary/aromatic N) is 2. The summed E-state index contributed by atoms with van der Waals surface area (Å²) in [5.41, 5.74) is 7.29. The molecule has 0 spiro atoms. The van der Waals surface area contributed by atoms with E-state index in [1.54, 1.807) is 12.1 Å². The Morgan fingerprint density at radius 2 is 2.15 bits per heavy atom. The van der Waals surface area contributed by atoms with Gasteiger partial charge < -0.3 is 16.4 Å². The third-order valence-corrected chi connectivity index (χ3v) is 3.10. The maximum atomic E-state index is 11.0. The monoisotopic (exact) mass is 287 g/mol. The third-order valence-electron chi connectivity index (χ3n) is 2.89.